The van der Waals surface area contributed by atoms with Gasteiger partial charge < -0.3 is 9.64 Å². The van der Waals surface area contributed by atoms with Crippen LogP contribution in [0.5, 0.6) is 0 Å². The smallest absolute Gasteiger partial charge is 0.340 e. The summed E-state index contributed by atoms with van der Waals surface area (Å²) in [7, 11) is -3.96. The number of aryl methyl sites for hydroxylation is 3. The summed E-state index contributed by atoms with van der Waals surface area (Å²) >= 11 is 0. The van der Waals surface area contributed by atoms with E-state index < -0.39 is 22.6 Å². The van der Waals surface area contributed by atoms with Gasteiger partial charge in [0.15, 0.2) is 6.61 Å². The predicted octanol–water partition coefficient (Wildman–Crippen LogP) is 4.16. The summed E-state index contributed by atoms with van der Waals surface area (Å²) in [6.45, 7) is 5.46. The van der Waals surface area contributed by atoms with Crippen molar-refractivity contribution in [3.05, 3.63) is 88.5 Å². The van der Waals surface area contributed by atoms with Gasteiger partial charge in [-0.1, -0.05) is 48.0 Å². The number of anilines is 2. The summed E-state index contributed by atoms with van der Waals surface area (Å²) in [6.07, 6.45) is 0.748. The molecule has 0 saturated heterocycles. The highest BCUT2D eigenvalue weighted by atomic mass is 32.2. The van der Waals surface area contributed by atoms with Crippen molar-refractivity contribution in [2.24, 2.45) is 0 Å². The second-order valence-corrected chi connectivity index (χ2v) is 10.00. The highest BCUT2D eigenvalue weighted by Gasteiger charge is 2.26. The molecule has 0 spiro atoms. The molecule has 3 aromatic rings. The number of hydrogen-bond donors (Lipinski definition) is 1. The molecule has 0 bridgehead atoms. The Bertz CT molecular complexity index is 1360. The predicted molar refractivity (Wildman–Crippen MR) is 131 cm³/mol. The van der Waals surface area contributed by atoms with Gasteiger partial charge in [-0.25, -0.2) is 13.2 Å². The second-order valence-electron chi connectivity index (χ2n) is 8.38. The standard InChI is InChI=1S/C26H26N2O5S/c1-17-14-18(2)25(19(3)15-17)34(31,32)27-22-10-6-5-9-21(22)26(30)33-16-24(29)28-13-12-20-8-4-7-11-23(20)28/h4-11,14-15,27H,12-13,16H2,1-3H3. The zero-order chi connectivity index (χ0) is 24.5. The van der Waals surface area contributed by atoms with Crippen molar-refractivity contribution in [1.82, 2.24) is 0 Å². The average molecular weight is 479 g/mol. The molecular formula is C26H26N2O5S. The molecule has 3 aromatic carbocycles. The number of fused-ring (bicyclic) bond motifs is 1. The molecule has 4 rings (SSSR count). The van der Waals surface area contributed by atoms with E-state index in [4.69, 9.17) is 4.74 Å². The summed E-state index contributed by atoms with van der Waals surface area (Å²) in [4.78, 5) is 27.3. The Hall–Kier alpha value is -3.65. The van der Waals surface area contributed by atoms with Gasteiger partial charge in [-0.15, -0.1) is 0 Å². The van der Waals surface area contributed by atoms with Gasteiger partial charge in [0, 0.05) is 12.2 Å². The Morgan fingerprint density at radius 2 is 1.62 bits per heavy atom. The third kappa shape index (κ3) is 4.68. The van der Waals surface area contributed by atoms with Gasteiger partial charge in [0.2, 0.25) is 0 Å². The minimum Gasteiger partial charge on any atom is -0.452 e. The molecule has 0 atom stereocenters. The molecule has 0 aliphatic carbocycles. The van der Waals surface area contributed by atoms with Crippen LogP contribution >= 0.6 is 0 Å². The van der Waals surface area contributed by atoms with Gasteiger partial charge in [-0.05, 0) is 62.1 Å². The highest BCUT2D eigenvalue weighted by Crippen LogP contribution is 2.28. The molecule has 0 aromatic heterocycles. The number of hydrogen-bond acceptors (Lipinski definition) is 5. The quantitative estimate of drug-likeness (QED) is 0.537. The first-order valence-corrected chi connectivity index (χ1v) is 12.4. The lowest BCUT2D eigenvalue weighted by molar-refractivity contribution is -0.121. The van der Waals surface area contributed by atoms with Gasteiger partial charge in [-0.2, -0.15) is 0 Å². The van der Waals surface area contributed by atoms with Crippen LogP contribution in [-0.4, -0.2) is 33.4 Å². The topological polar surface area (TPSA) is 92.8 Å². The van der Waals surface area contributed by atoms with E-state index in [0.29, 0.717) is 17.7 Å². The van der Waals surface area contributed by atoms with Crippen molar-refractivity contribution in [2.45, 2.75) is 32.1 Å². The number of rotatable bonds is 6. The van der Waals surface area contributed by atoms with Crippen LogP contribution in [0.3, 0.4) is 0 Å². The minimum absolute atomic E-state index is 0.0307. The van der Waals surface area contributed by atoms with Crippen molar-refractivity contribution < 1.29 is 22.7 Å². The molecule has 176 valence electrons. The van der Waals surface area contributed by atoms with Crippen molar-refractivity contribution >= 4 is 33.3 Å². The fourth-order valence-corrected chi connectivity index (χ4v) is 5.95. The number of sulfonamides is 1. The summed E-state index contributed by atoms with van der Waals surface area (Å²) in [5, 5.41) is 0. The van der Waals surface area contributed by atoms with Crippen LogP contribution in [0.15, 0.2) is 65.6 Å². The number of ether oxygens (including phenoxy) is 1. The molecule has 0 fully saturated rings. The number of para-hydroxylation sites is 2. The molecule has 1 aliphatic heterocycles. The lowest BCUT2D eigenvalue weighted by Crippen LogP contribution is -2.33. The lowest BCUT2D eigenvalue weighted by atomic mass is 10.1. The SMILES string of the molecule is Cc1cc(C)c(S(=O)(=O)Nc2ccccc2C(=O)OCC(=O)N2CCc3ccccc32)c(C)c1. The molecule has 0 unspecified atom stereocenters. The van der Waals surface area contributed by atoms with Gasteiger partial charge in [0.05, 0.1) is 16.1 Å². The maximum atomic E-state index is 13.2. The van der Waals surface area contributed by atoms with Crippen LogP contribution in [0.2, 0.25) is 0 Å². The Morgan fingerprint density at radius 3 is 2.35 bits per heavy atom. The Kier molecular flexibility index (Phi) is 6.43. The number of carbonyl (C=O) groups is 2. The largest absolute Gasteiger partial charge is 0.452 e. The van der Waals surface area contributed by atoms with Gasteiger partial charge in [0.25, 0.3) is 15.9 Å². The number of esters is 1. The van der Waals surface area contributed by atoms with E-state index in [1.165, 1.54) is 12.1 Å². The van der Waals surface area contributed by atoms with Crippen LogP contribution in [-0.2, 0) is 26.0 Å². The van der Waals surface area contributed by atoms with E-state index >= 15 is 0 Å². The first kappa shape index (κ1) is 23.5. The van der Waals surface area contributed by atoms with Crippen molar-refractivity contribution in [1.29, 1.82) is 0 Å². The monoisotopic (exact) mass is 478 g/mol. The van der Waals surface area contributed by atoms with E-state index in [0.717, 1.165) is 23.2 Å². The Balaban J connectivity index is 1.50. The maximum Gasteiger partial charge on any atom is 0.340 e. The molecule has 8 heteroatoms. The third-order valence-corrected chi connectivity index (χ3v) is 7.45. The molecule has 34 heavy (non-hydrogen) atoms. The highest BCUT2D eigenvalue weighted by molar-refractivity contribution is 7.92. The van der Waals surface area contributed by atoms with E-state index in [1.54, 1.807) is 43.0 Å². The molecule has 0 saturated carbocycles. The van der Waals surface area contributed by atoms with E-state index in [9.17, 15) is 18.0 Å². The fraction of sp³-hybridized carbons (Fsp3) is 0.231. The zero-order valence-electron chi connectivity index (χ0n) is 19.3. The van der Waals surface area contributed by atoms with Crippen molar-refractivity contribution in [3.8, 4) is 0 Å². The van der Waals surface area contributed by atoms with Crippen molar-refractivity contribution in [3.63, 3.8) is 0 Å². The number of nitrogens with zero attached hydrogens (tertiary/aromatic N) is 1. The number of amides is 1. The molecule has 1 aliphatic rings. The van der Waals surface area contributed by atoms with Crippen LogP contribution < -0.4 is 9.62 Å². The molecule has 7 nitrogen and oxygen atoms in total. The van der Waals surface area contributed by atoms with Crippen LogP contribution in [0.1, 0.15) is 32.6 Å². The number of carbonyl (C=O) groups excluding carboxylic acids is 2. The van der Waals surface area contributed by atoms with Gasteiger partial charge >= 0.3 is 5.97 Å². The summed E-state index contributed by atoms with van der Waals surface area (Å²) in [6, 6.07) is 17.4. The minimum atomic E-state index is -3.96. The molecule has 1 amide bonds. The summed E-state index contributed by atoms with van der Waals surface area (Å²) in [5.41, 5.74) is 4.20. The Morgan fingerprint density at radius 1 is 0.971 bits per heavy atom. The summed E-state index contributed by atoms with van der Waals surface area (Å²) < 4.78 is 34.1. The van der Waals surface area contributed by atoms with E-state index in [-0.39, 0.29) is 22.1 Å². The number of benzene rings is 3. The normalized spacial score (nSPS) is 12.9. The summed E-state index contributed by atoms with van der Waals surface area (Å²) in [5.74, 6) is -1.11. The Labute approximate surface area is 199 Å². The average Bonchev–Trinajstić information content (AvgIpc) is 3.20. The third-order valence-electron chi connectivity index (χ3n) is 5.78. The molecule has 1 N–H and O–H groups in total. The lowest BCUT2D eigenvalue weighted by Gasteiger charge is -2.18. The molecule has 0 radical (unpaired) electrons. The van der Waals surface area contributed by atoms with Crippen LogP contribution in [0.25, 0.3) is 0 Å². The first-order valence-electron chi connectivity index (χ1n) is 10.9. The first-order chi connectivity index (χ1) is 16.2. The zero-order valence-corrected chi connectivity index (χ0v) is 20.1. The fourth-order valence-electron chi connectivity index (χ4n) is 4.42. The maximum absolute atomic E-state index is 13.2. The molecule has 1 heterocycles. The van der Waals surface area contributed by atoms with E-state index in [1.807, 2.05) is 31.2 Å². The van der Waals surface area contributed by atoms with E-state index in [2.05, 4.69) is 4.72 Å². The van der Waals surface area contributed by atoms with Gasteiger partial charge in [-0.3, -0.25) is 9.52 Å². The second kappa shape index (κ2) is 9.30. The van der Waals surface area contributed by atoms with Crippen molar-refractivity contribution in [2.75, 3.05) is 22.8 Å². The van der Waals surface area contributed by atoms with Crippen LogP contribution in [0, 0.1) is 20.8 Å². The van der Waals surface area contributed by atoms with Crippen LogP contribution in [0.4, 0.5) is 11.4 Å². The number of nitrogens with one attached hydrogen (secondary N) is 1. The van der Waals surface area contributed by atoms with Gasteiger partial charge in [0.1, 0.15) is 0 Å². The molecular weight excluding hydrogens is 452 g/mol.